The van der Waals surface area contributed by atoms with Crippen LogP contribution in [-0.4, -0.2) is 10.5 Å². The Balaban J connectivity index is 2.05. The van der Waals surface area contributed by atoms with Crippen LogP contribution >= 0.6 is 11.5 Å². The number of nitrogens with zero attached hydrogens (tertiary/aromatic N) is 1. The summed E-state index contributed by atoms with van der Waals surface area (Å²) < 4.78 is 9.74. The van der Waals surface area contributed by atoms with E-state index >= 15 is 0 Å². The third-order valence-corrected chi connectivity index (χ3v) is 4.47. The molecule has 1 unspecified atom stereocenters. The van der Waals surface area contributed by atoms with Crippen LogP contribution in [0, 0.1) is 13.8 Å². The number of aromatic nitrogens is 1. The zero-order valence-corrected chi connectivity index (χ0v) is 13.6. The molecule has 0 aliphatic rings. The second-order valence-electron chi connectivity index (χ2n) is 4.95. The summed E-state index contributed by atoms with van der Waals surface area (Å²) in [6.45, 7) is 7.81. The number of hydrogen-bond donors (Lipinski definition) is 1. The van der Waals surface area contributed by atoms with Crippen molar-refractivity contribution in [2.24, 2.45) is 0 Å². The zero-order chi connectivity index (χ0) is 15.4. The van der Waals surface area contributed by atoms with Crippen LogP contribution in [0.15, 0.2) is 24.3 Å². The lowest BCUT2D eigenvalue weighted by Crippen LogP contribution is -2.17. The van der Waals surface area contributed by atoms with E-state index in [-0.39, 0.29) is 6.10 Å². The number of hydrogen-bond acceptors (Lipinski definition) is 4. The molecule has 0 fully saturated rings. The van der Waals surface area contributed by atoms with Gasteiger partial charge in [0.2, 0.25) is 0 Å². The molecular weight excluding hydrogens is 284 g/mol. The van der Waals surface area contributed by atoms with E-state index in [4.69, 9.17) is 4.74 Å². The lowest BCUT2D eigenvalue weighted by Gasteiger charge is -2.16. The number of ether oxygens (including phenoxy) is 1. The highest BCUT2D eigenvalue weighted by Gasteiger charge is 2.17. The van der Waals surface area contributed by atoms with Crippen molar-refractivity contribution >= 4 is 23.3 Å². The van der Waals surface area contributed by atoms with E-state index in [0.717, 1.165) is 33.8 Å². The molecule has 0 spiro atoms. The van der Waals surface area contributed by atoms with Gasteiger partial charge in [-0.25, -0.2) is 4.79 Å². The van der Waals surface area contributed by atoms with Gasteiger partial charge in [-0.05, 0) is 49.9 Å². The lowest BCUT2D eigenvalue weighted by atomic mass is 10.1. The van der Waals surface area contributed by atoms with Crippen molar-refractivity contribution in [3.63, 3.8) is 0 Å². The van der Waals surface area contributed by atoms with Gasteiger partial charge in [-0.1, -0.05) is 31.2 Å². The molecule has 1 atom stereocenters. The maximum Gasteiger partial charge on any atom is 0.412 e. The summed E-state index contributed by atoms with van der Waals surface area (Å²) in [6, 6.07) is 7.90. The lowest BCUT2D eigenvalue weighted by molar-refractivity contribution is 0.121. The van der Waals surface area contributed by atoms with Crippen molar-refractivity contribution in [2.45, 2.75) is 40.2 Å². The first-order chi connectivity index (χ1) is 10.0. The van der Waals surface area contributed by atoms with Gasteiger partial charge in [0.05, 0.1) is 11.4 Å². The predicted octanol–water partition coefficient (Wildman–Crippen LogP) is 4.63. The molecule has 0 radical (unpaired) electrons. The molecule has 2 aromatic rings. The Bertz CT molecular complexity index is 637. The predicted molar refractivity (Wildman–Crippen MR) is 85.9 cm³/mol. The SMILES string of the molecule is CCc1snc(C)c1NC(=O)OC(C)c1ccccc1C. The highest BCUT2D eigenvalue weighted by atomic mass is 32.1. The van der Waals surface area contributed by atoms with Gasteiger partial charge in [0, 0.05) is 4.88 Å². The summed E-state index contributed by atoms with van der Waals surface area (Å²) in [5, 5.41) is 2.82. The van der Waals surface area contributed by atoms with Crippen molar-refractivity contribution in [2.75, 3.05) is 5.32 Å². The van der Waals surface area contributed by atoms with E-state index in [2.05, 4.69) is 9.69 Å². The standard InChI is InChI=1S/C16H20N2O2S/c1-5-14-15(11(3)18-21-14)17-16(19)20-12(4)13-9-7-6-8-10(13)2/h6-9,12H,5H2,1-4H3,(H,17,19). The Morgan fingerprint density at radius 1 is 1.38 bits per heavy atom. The molecule has 112 valence electrons. The second-order valence-corrected chi connectivity index (χ2v) is 5.81. The fraction of sp³-hybridized carbons (Fsp3) is 0.375. The molecule has 2 rings (SSSR count). The minimum Gasteiger partial charge on any atom is -0.441 e. The molecular formula is C16H20N2O2S. The molecule has 1 amide bonds. The van der Waals surface area contributed by atoms with Crippen LogP contribution in [0.5, 0.6) is 0 Å². The molecule has 0 aliphatic carbocycles. The van der Waals surface area contributed by atoms with Crippen molar-refractivity contribution in [3.05, 3.63) is 46.0 Å². The van der Waals surface area contributed by atoms with E-state index in [1.54, 1.807) is 0 Å². The largest absolute Gasteiger partial charge is 0.441 e. The quantitative estimate of drug-likeness (QED) is 0.895. The average Bonchev–Trinajstić information content (AvgIpc) is 2.80. The van der Waals surface area contributed by atoms with Crippen LogP contribution in [0.4, 0.5) is 10.5 Å². The smallest absolute Gasteiger partial charge is 0.412 e. The zero-order valence-electron chi connectivity index (χ0n) is 12.8. The van der Waals surface area contributed by atoms with Crippen molar-refractivity contribution in [1.29, 1.82) is 0 Å². The van der Waals surface area contributed by atoms with Gasteiger partial charge in [-0.2, -0.15) is 4.37 Å². The van der Waals surface area contributed by atoms with Crippen molar-refractivity contribution in [3.8, 4) is 0 Å². The maximum absolute atomic E-state index is 12.1. The molecule has 4 nitrogen and oxygen atoms in total. The minimum absolute atomic E-state index is 0.289. The Hall–Kier alpha value is -1.88. The number of nitrogens with one attached hydrogen (secondary N) is 1. The normalized spacial score (nSPS) is 12.0. The fourth-order valence-electron chi connectivity index (χ4n) is 2.22. The molecule has 0 saturated carbocycles. The van der Waals surface area contributed by atoms with Gasteiger partial charge < -0.3 is 4.74 Å². The van der Waals surface area contributed by atoms with E-state index in [1.165, 1.54) is 11.5 Å². The fourth-order valence-corrected chi connectivity index (χ4v) is 2.97. The number of rotatable bonds is 4. The van der Waals surface area contributed by atoms with Crippen LogP contribution in [0.2, 0.25) is 0 Å². The van der Waals surface area contributed by atoms with E-state index < -0.39 is 6.09 Å². The Morgan fingerprint density at radius 3 is 2.76 bits per heavy atom. The van der Waals surface area contributed by atoms with Gasteiger partial charge in [0.15, 0.2) is 0 Å². The Morgan fingerprint density at radius 2 is 2.10 bits per heavy atom. The summed E-state index contributed by atoms with van der Waals surface area (Å²) in [6.07, 6.45) is 0.112. The molecule has 0 bridgehead atoms. The molecule has 0 saturated heterocycles. The number of anilines is 1. The number of amides is 1. The van der Waals surface area contributed by atoms with Crippen LogP contribution < -0.4 is 5.32 Å². The van der Waals surface area contributed by atoms with Crippen LogP contribution in [0.1, 0.15) is 41.6 Å². The molecule has 21 heavy (non-hydrogen) atoms. The number of carbonyl (C=O) groups excluding carboxylic acids is 1. The summed E-state index contributed by atoms with van der Waals surface area (Å²) in [5.74, 6) is 0. The van der Waals surface area contributed by atoms with Crippen LogP contribution in [0.25, 0.3) is 0 Å². The van der Waals surface area contributed by atoms with Gasteiger partial charge >= 0.3 is 6.09 Å². The van der Waals surface area contributed by atoms with Crippen LogP contribution in [-0.2, 0) is 11.2 Å². The highest BCUT2D eigenvalue weighted by Crippen LogP contribution is 2.26. The van der Waals surface area contributed by atoms with Gasteiger partial charge in [-0.3, -0.25) is 5.32 Å². The molecule has 1 aromatic carbocycles. The average molecular weight is 304 g/mol. The number of carbonyl (C=O) groups is 1. The minimum atomic E-state index is -0.441. The second kappa shape index (κ2) is 6.72. The van der Waals surface area contributed by atoms with Crippen molar-refractivity contribution in [1.82, 2.24) is 4.37 Å². The molecule has 1 N–H and O–H groups in total. The topological polar surface area (TPSA) is 51.2 Å². The van der Waals surface area contributed by atoms with E-state index in [1.807, 2.05) is 52.0 Å². The van der Waals surface area contributed by atoms with Gasteiger partial charge in [0.1, 0.15) is 6.10 Å². The number of benzene rings is 1. The monoisotopic (exact) mass is 304 g/mol. The third-order valence-electron chi connectivity index (χ3n) is 3.39. The Labute approximate surface area is 129 Å². The van der Waals surface area contributed by atoms with Crippen LogP contribution in [0.3, 0.4) is 0 Å². The first-order valence-corrected chi connectivity index (χ1v) is 7.78. The summed E-state index contributed by atoms with van der Waals surface area (Å²) in [7, 11) is 0. The molecule has 0 aliphatic heterocycles. The van der Waals surface area contributed by atoms with Crippen molar-refractivity contribution < 1.29 is 9.53 Å². The summed E-state index contributed by atoms with van der Waals surface area (Å²) in [5.41, 5.74) is 3.74. The molecule has 1 heterocycles. The summed E-state index contributed by atoms with van der Waals surface area (Å²) in [4.78, 5) is 13.1. The first-order valence-electron chi connectivity index (χ1n) is 7.01. The molecule has 1 aromatic heterocycles. The number of aryl methyl sites for hydroxylation is 3. The maximum atomic E-state index is 12.1. The van der Waals surface area contributed by atoms with E-state index in [0.29, 0.717) is 0 Å². The summed E-state index contributed by atoms with van der Waals surface area (Å²) >= 11 is 1.42. The van der Waals surface area contributed by atoms with Gasteiger partial charge in [0.25, 0.3) is 0 Å². The third kappa shape index (κ3) is 3.61. The molecule has 5 heteroatoms. The first kappa shape index (κ1) is 15.5. The Kier molecular flexibility index (Phi) is 4.96. The van der Waals surface area contributed by atoms with E-state index in [9.17, 15) is 4.79 Å². The highest BCUT2D eigenvalue weighted by molar-refractivity contribution is 7.06. The van der Waals surface area contributed by atoms with Gasteiger partial charge in [-0.15, -0.1) is 0 Å².